The predicted octanol–water partition coefficient (Wildman–Crippen LogP) is 2.84. The van der Waals surface area contributed by atoms with Crippen LogP contribution in [0.1, 0.15) is 0 Å². The lowest BCUT2D eigenvalue weighted by molar-refractivity contribution is -0.267. The molecule has 0 aliphatic rings. The molecule has 1 rings (SSSR count). The molecule has 0 aliphatic heterocycles. The summed E-state index contributed by atoms with van der Waals surface area (Å²) in [5, 5.41) is 1.47. The summed E-state index contributed by atoms with van der Waals surface area (Å²) in [7, 11) is 2.48. The molecule has 1 amide bonds. The molecule has 9 heteroatoms. The highest BCUT2D eigenvalue weighted by molar-refractivity contribution is 5.97. The second kappa shape index (κ2) is 5.51. The van der Waals surface area contributed by atoms with Crippen LogP contribution in [-0.2, 0) is 4.79 Å². The second-order valence-corrected chi connectivity index (χ2v) is 3.59. The van der Waals surface area contributed by atoms with Gasteiger partial charge in [-0.05, 0) is 12.1 Å². The van der Waals surface area contributed by atoms with Crippen LogP contribution in [0, 0.1) is 0 Å². The summed E-state index contributed by atoms with van der Waals surface area (Å²) in [5.74, 6) is -7.83. The highest BCUT2D eigenvalue weighted by Gasteiger charge is 2.63. The van der Waals surface area contributed by atoms with Gasteiger partial charge in [-0.2, -0.15) is 22.0 Å². The van der Waals surface area contributed by atoms with Gasteiger partial charge in [-0.25, -0.2) is 0 Å². The lowest BCUT2D eigenvalue weighted by Gasteiger charge is -2.19. The number of amides is 1. The summed E-state index contributed by atoms with van der Waals surface area (Å²) in [6.45, 7) is 0. The number of alkyl halides is 5. The first-order valence-corrected chi connectivity index (χ1v) is 5.11. The molecule has 0 saturated carbocycles. The second-order valence-electron chi connectivity index (χ2n) is 3.59. The van der Waals surface area contributed by atoms with Crippen molar-refractivity contribution in [2.75, 3.05) is 19.5 Å². The van der Waals surface area contributed by atoms with E-state index in [9.17, 15) is 26.7 Å². The average molecular weight is 299 g/mol. The largest absolute Gasteiger partial charge is 0.497 e. The number of methoxy groups -OCH3 is 2. The van der Waals surface area contributed by atoms with Gasteiger partial charge in [-0.3, -0.25) is 4.79 Å². The Morgan fingerprint density at radius 2 is 1.70 bits per heavy atom. The smallest absolute Gasteiger partial charge is 0.463 e. The summed E-state index contributed by atoms with van der Waals surface area (Å²) in [5.41, 5.74) is -0.331. The molecule has 1 N–H and O–H groups in total. The molecule has 4 nitrogen and oxygen atoms in total. The number of hydrogen-bond acceptors (Lipinski definition) is 3. The van der Waals surface area contributed by atoms with Gasteiger partial charge in [-0.15, -0.1) is 0 Å². The van der Waals surface area contributed by atoms with E-state index in [1.54, 1.807) is 0 Å². The number of hydrogen-bond donors (Lipinski definition) is 1. The fraction of sp³-hybridized carbons (Fsp3) is 0.364. The maximum atomic E-state index is 12.8. The zero-order valence-corrected chi connectivity index (χ0v) is 10.3. The zero-order chi connectivity index (χ0) is 15.6. The van der Waals surface area contributed by atoms with Crippen LogP contribution in [0.5, 0.6) is 11.5 Å². The molecular weight excluding hydrogens is 289 g/mol. The lowest BCUT2D eigenvalue weighted by atomic mass is 10.2. The Labute approximate surface area is 110 Å². The average Bonchev–Trinajstić information content (AvgIpc) is 2.37. The van der Waals surface area contributed by atoms with E-state index in [4.69, 9.17) is 9.47 Å². The maximum absolute atomic E-state index is 12.8. The van der Waals surface area contributed by atoms with E-state index in [1.807, 2.05) is 0 Å². The standard InChI is InChI=1S/C11H10F5NO3/c1-19-6-3-4-7(8(5-6)20-2)17-9(18)10(12,13)11(14,15)16/h3-5H,1-2H3,(H,17,18). The number of anilines is 1. The molecule has 0 radical (unpaired) electrons. The van der Waals surface area contributed by atoms with Crippen molar-refractivity contribution >= 4 is 11.6 Å². The molecule has 0 fully saturated rings. The molecule has 0 bridgehead atoms. The van der Waals surface area contributed by atoms with Crippen LogP contribution < -0.4 is 14.8 Å². The number of carbonyl (C=O) groups excluding carboxylic acids is 1. The first kappa shape index (κ1) is 16.0. The molecule has 1 aromatic rings. The van der Waals surface area contributed by atoms with E-state index in [-0.39, 0.29) is 17.2 Å². The first-order chi connectivity index (χ1) is 9.13. The molecule has 0 heterocycles. The van der Waals surface area contributed by atoms with Crippen LogP contribution in [0.3, 0.4) is 0 Å². The Kier molecular flexibility index (Phi) is 4.41. The van der Waals surface area contributed by atoms with Crippen LogP contribution in [-0.4, -0.2) is 32.2 Å². The van der Waals surface area contributed by atoms with Crippen molar-refractivity contribution in [3.8, 4) is 11.5 Å². The Morgan fingerprint density at radius 3 is 2.15 bits per heavy atom. The third-order valence-electron chi connectivity index (χ3n) is 2.30. The van der Waals surface area contributed by atoms with Crippen molar-refractivity contribution in [3.63, 3.8) is 0 Å². The van der Waals surface area contributed by atoms with E-state index in [0.717, 1.165) is 13.2 Å². The van der Waals surface area contributed by atoms with E-state index in [1.165, 1.54) is 24.6 Å². The number of nitrogens with one attached hydrogen (secondary N) is 1. The Morgan fingerprint density at radius 1 is 1.10 bits per heavy atom. The molecule has 0 unspecified atom stereocenters. The van der Waals surface area contributed by atoms with Crippen LogP contribution >= 0.6 is 0 Å². The van der Waals surface area contributed by atoms with Crippen molar-refractivity contribution in [2.45, 2.75) is 12.1 Å². The van der Waals surface area contributed by atoms with Crippen LogP contribution in [0.25, 0.3) is 0 Å². The van der Waals surface area contributed by atoms with Gasteiger partial charge in [0.2, 0.25) is 0 Å². The van der Waals surface area contributed by atoms with Gasteiger partial charge in [0.05, 0.1) is 19.9 Å². The maximum Gasteiger partial charge on any atom is 0.463 e. The SMILES string of the molecule is COc1ccc(NC(=O)C(F)(F)C(F)(F)F)c(OC)c1. The number of rotatable bonds is 4. The summed E-state index contributed by atoms with van der Waals surface area (Å²) < 4.78 is 71.2. The van der Waals surface area contributed by atoms with E-state index < -0.39 is 18.0 Å². The van der Waals surface area contributed by atoms with E-state index in [2.05, 4.69) is 0 Å². The van der Waals surface area contributed by atoms with Crippen molar-refractivity contribution in [1.82, 2.24) is 0 Å². The molecule has 0 aliphatic carbocycles. The van der Waals surface area contributed by atoms with Gasteiger partial charge < -0.3 is 14.8 Å². The van der Waals surface area contributed by atoms with Gasteiger partial charge in [0.1, 0.15) is 11.5 Å². The summed E-state index contributed by atoms with van der Waals surface area (Å²) in [4.78, 5) is 11.0. The lowest BCUT2D eigenvalue weighted by Crippen LogP contribution is -2.47. The third kappa shape index (κ3) is 3.09. The number of carbonyl (C=O) groups is 1. The predicted molar refractivity (Wildman–Crippen MR) is 59.2 cm³/mol. The highest BCUT2D eigenvalue weighted by atomic mass is 19.4. The minimum Gasteiger partial charge on any atom is -0.497 e. The Hall–Kier alpha value is -2.06. The van der Waals surface area contributed by atoms with Crippen LogP contribution in [0.4, 0.5) is 27.6 Å². The van der Waals surface area contributed by atoms with Crippen molar-refractivity contribution < 1.29 is 36.2 Å². The van der Waals surface area contributed by atoms with Gasteiger partial charge in [-0.1, -0.05) is 0 Å². The molecule has 20 heavy (non-hydrogen) atoms. The molecule has 0 atom stereocenters. The normalized spacial score (nSPS) is 11.9. The van der Waals surface area contributed by atoms with Gasteiger partial charge >= 0.3 is 18.0 Å². The molecule has 0 saturated heterocycles. The Balaban J connectivity index is 3.02. The molecule has 0 spiro atoms. The molecule has 1 aromatic carbocycles. The minimum absolute atomic E-state index is 0.115. The number of halogens is 5. The third-order valence-corrected chi connectivity index (χ3v) is 2.30. The highest BCUT2D eigenvalue weighted by Crippen LogP contribution is 2.37. The fourth-order valence-electron chi connectivity index (χ4n) is 1.23. The summed E-state index contributed by atoms with van der Waals surface area (Å²) in [6.07, 6.45) is -5.98. The van der Waals surface area contributed by atoms with Gasteiger partial charge in [0.15, 0.2) is 0 Å². The van der Waals surface area contributed by atoms with Gasteiger partial charge in [0, 0.05) is 6.07 Å². The molecular formula is C11H10F5NO3. The molecule has 0 aromatic heterocycles. The van der Waals surface area contributed by atoms with Crippen LogP contribution in [0.15, 0.2) is 18.2 Å². The number of benzene rings is 1. The van der Waals surface area contributed by atoms with Crippen LogP contribution in [0.2, 0.25) is 0 Å². The van der Waals surface area contributed by atoms with Crippen molar-refractivity contribution in [3.05, 3.63) is 18.2 Å². The summed E-state index contributed by atoms with van der Waals surface area (Å²) >= 11 is 0. The Bertz CT molecular complexity index is 501. The van der Waals surface area contributed by atoms with E-state index in [0.29, 0.717) is 0 Å². The quantitative estimate of drug-likeness (QED) is 0.870. The fourth-order valence-corrected chi connectivity index (χ4v) is 1.23. The van der Waals surface area contributed by atoms with Gasteiger partial charge in [0.25, 0.3) is 0 Å². The monoisotopic (exact) mass is 299 g/mol. The van der Waals surface area contributed by atoms with Crippen molar-refractivity contribution in [2.24, 2.45) is 0 Å². The molecule has 112 valence electrons. The number of ether oxygens (including phenoxy) is 2. The van der Waals surface area contributed by atoms with E-state index >= 15 is 0 Å². The first-order valence-electron chi connectivity index (χ1n) is 5.11. The minimum atomic E-state index is -5.98. The topological polar surface area (TPSA) is 47.6 Å². The zero-order valence-electron chi connectivity index (χ0n) is 10.3. The summed E-state index contributed by atoms with van der Waals surface area (Å²) in [6, 6.07) is 3.58. The van der Waals surface area contributed by atoms with Crippen molar-refractivity contribution in [1.29, 1.82) is 0 Å².